The summed E-state index contributed by atoms with van der Waals surface area (Å²) in [5.41, 5.74) is 0. The molecule has 0 aliphatic heterocycles. The van der Waals surface area contributed by atoms with E-state index < -0.39 is 18.1 Å². The van der Waals surface area contributed by atoms with Crippen LogP contribution < -0.4 is 10.6 Å². The average molecular weight is 365 g/mol. The summed E-state index contributed by atoms with van der Waals surface area (Å²) in [4.78, 5) is 24.5. The zero-order valence-electron chi connectivity index (χ0n) is 16.0. The van der Waals surface area contributed by atoms with Gasteiger partial charge in [-0.25, -0.2) is 0 Å². The summed E-state index contributed by atoms with van der Waals surface area (Å²) in [6.07, 6.45) is 5.88. The lowest BCUT2D eigenvalue weighted by molar-refractivity contribution is -0.134. The first-order valence-corrected chi connectivity index (χ1v) is 9.65. The molecule has 2 atom stereocenters. The Morgan fingerprint density at radius 2 is 2.00 bits per heavy atom. The van der Waals surface area contributed by atoms with Crippen molar-refractivity contribution in [2.24, 2.45) is 11.8 Å². The molecular weight excluding hydrogens is 334 g/mol. The summed E-state index contributed by atoms with van der Waals surface area (Å²) in [6.45, 7) is 5.43. The first kappa shape index (κ1) is 20.4. The van der Waals surface area contributed by atoms with Crippen molar-refractivity contribution in [3.05, 3.63) is 11.8 Å². The van der Waals surface area contributed by atoms with Gasteiger partial charge < -0.3 is 20.3 Å². The van der Waals surface area contributed by atoms with E-state index >= 15 is 0 Å². The molecule has 1 aromatic rings. The Morgan fingerprint density at radius 3 is 2.62 bits per heavy atom. The lowest BCUT2D eigenvalue weighted by atomic mass is 10.0. The van der Waals surface area contributed by atoms with E-state index in [-0.39, 0.29) is 11.8 Å². The zero-order valence-corrected chi connectivity index (χ0v) is 16.0. The molecule has 26 heavy (non-hydrogen) atoms. The van der Waals surface area contributed by atoms with Crippen molar-refractivity contribution < 1.29 is 19.2 Å². The Morgan fingerprint density at radius 1 is 1.31 bits per heavy atom. The second-order valence-electron chi connectivity index (χ2n) is 7.56. The summed E-state index contributed by atoms with van der Waals surface area (Å²) in [5, 5.41) is 19.1. The number of aromatic nitrogens is 1. The minimum Gasteiger partial charge on any atom is -0.383 e. The van der Waals surface area contributed by atoms with Crippen molar-refractivity contribution >= 4 is 17.6 Å². The van der Waals surface area contributed by atoms with Crippen molar-refractivity contribution in [2.45, 2.75) is 77.9 Å². The maximum atomic E-state index is 12.5. The number of aliphatic hydroxyl groups excluding tert-OH is 1. The number of nitrogens with zero attached hydrogens (tertiary/aromatic N) is 1. The predicted molar refractivity (Wildman–Crippen MR) is 98.5 cm³/mol. The number of aliphatic hydroxyl groups is 1. The van der Waals surface area contributed by atoms with Crippen LogP contribution >= 0.6 is 0 Å². The van der Waals surface area contributed by atoms with Crippen LogP contribution in [0.2, 0.25) is 0 Å². The third-order valence-corrected chi connectivity index (χ3v) is 4.89. The van der Waals surface area contributed by atoms with Gasteiger partial charge in [0, 0.05) is 12.5 Å². The van der Waals surface area contributed by atoms with Gasteiger partial charge in [-0.15, -0.1) is 0 Å². The number of hydrogen-bond donors (Lipinski definition) is 3. The van der Waals surface area contributed by atoms with Crippen LogP contribution in [-0.2, 0) is 16.0 Å². The highest BCUT2D eigenvalue weighted by atomic mass is 16.5. The number of hydrogen-bond acceptors (Lipinski definition) is 5. The third kappa shape index (κ3) is 5.83. The highest BCUT2D eigenvalue weighted by Crippen LogP contribution is 2.28. The molecule has 146 valence electrons. The lowest BCUT2D eigenvalue weighted by Gasteiger charge is -2.20. The molecule has 1 saturated carbocycles. The molecule has 1 aliphatic rings. The standard InChI is InChI=1S/C19H31N3O4/c1-4-7-15(20-19(25)17(23)12(2)3)18(24)21-16-11-14(26-22-16)10-13-8-5-6-9-13/h11-13,15,17,23H,4-10H2,1-3H3,(H,20,25)(H,21,22,24). The molecule has 1 aromatic heterocycles. The fraction of sp³-hybridized carbons (Fsp3) is 0.737. The molecule has 2 amide bonds. The van der Waals surface area contributed by atoms with Crippen LogP contribution in [0, 0.1) is 11.8 Å². The van der Waals surface area contributed by atoms with Gasteiger partial charge in [0.1, 0.15) is 17.9 Å². The van der Waals surface area contributed by atoms with Gasteiger partial charge in [0.15, 0.2) is 5.82 Å². The summed E-state index contributed by atoms with van der Waals surface area (Å²) in [6, 6.07) is 1.04. The van der Waals surface area contributed by atoms with E-state index in [0.29, 0.717) is 18.2 Å². The van der Waals surface area contributed by atoms with Crippen molar-refractivity contribution in [2.75, 3.05) is 5.32 Å². The fourth-order valence-corrected chi connectivity index (χ4v) is 3.30. The van der Waals surface area contributed by atoms with E-state index in [9.17, 15) is 14.7 Å². The first-order chi connectivity index (χ1) is 12.4. The summed E-state index contributed by atoms with van der Waals surface area (Å²) in [5.74, 6) is 0.680. The highest BCUT2D eigenvalue weighted by Gasteiger charge is 2.26. The molecular formula is C19H31N3O4. The molecule has 0 radical (unpaired) electrons. The van der Waals surface area contributed by atoms with Crippen LogP contribution in [0.3, 0.4) is 0 Å². The van der Waals surface area contributed by atoms with Gasteiger partial charge in [-0.2, -0.15) is 0 Å². The smallest absolute Gasteiger partial charge is 0.249 e. The molecule has 0 bridgehead atoms. The van der Waals surface area contributed by atoms with Crippen LogP contribution in [0.1, 0.15) is 65.1 Å². The summed E-state index contributed by atoms with van der Waals surface area (Å²) in [7, 11) is 0. The topological polar surface area (TPSA) is 104 Å². The third-order valence-electron chi connectivity index (χ3n) is 4.89. The number of amides is 2. The molecule has 3 N–H and O–H groups in total. The van der Waals surface area contributed by atoms with Crippen molar-refractivity contribution in [1.82, 2.24) is 10.5 Å². The van der Waals surface area contributed by atoms with E-state index in [4.69, 9.17) is 4.52 Å². The fourth-order valence-electron chi connectivity index (χ4n) is 3.30. The molecule has 1 fully saturated rings. The van der Waals surface area contributed by atoms with Crippen molar-refractivity contribution in [3.63, 3.8) is 0 Å². The predicted octanol–water partition coefficient (Wildman–Crippen LogP) is 2.65. The van der Waals surface area contributed by atoms with E-state index in [1.54, 1.807) is 19.9 Å². The van der Waals surface area contributed by atoms with Crippen LogP contribution in [0.4, 0.5) is 5.82 Å². The van der Waals surface area contributed by atoms with Crippen LogP contribution in [-0.4, -0.2) is 34.2 Å². The largest absolute Gasteiger partial charge is 0.383 e. The Kier molecular flexibility index (Phi) is 7.63. The molecule has 0 spiro atoms. The Hall–Kier alpha value is -1.89. The Labute approximate surface area is 154 Å². The molecule has 7 heteroatoms. The number of anilines is 1. The van der Waals surface area contributed by atoms with E-state index in [1.807, 2.05) is 6.92 Å². The van der Waals surface area contributed by atoms with E-state index in [2.05, 4.69) is 15.8 Å². The number of carbonyl (C=O) groups is 2. The zero-order chi connectivity index (χ0) is 19.1. The second-order valence-corrected chi connectivity index (χ2v) is 7.56. The van der Waals surface area contributed by atoms with Gasteiger partial charge in [0.2, 0.25) is 11.8 Å². The molecule has 2 rings (SSSR count). The van der Waals surface area contributed by atoms with Gasteiger partial charge in [-0.05, 0) is 18.3 Å². The number of nitrogens with one attached hydrogen (secondary N) is 2. The number of rotatable bonds is 9. The minimum atomic E-state index is -1.13. The van der Waals surface area contributed by atoms with Gasteiger partial charge in [-0.1, -0.05) is 58.0 Å². The Bertz CT molecular complexity index is 593. The van der Waals surface area contributed by atoms with Crippen molar-refractivity contribution in [1.29, 1.82) is 0 Å². The molecule has 1 aliphatic carbocycles. The van der Waals surface area contributed by atoms with Gasteiger partial charge >= 0.3 is 0 Å². The Balaban J connectivity index is 1.92. The normalized spacial score (nSPS) is 17.3. The molecule has 2 unspecified atom stereocenters. The molecule has 0 aromatic carbocycles. The average Bonchev–Trinajstić information content (AvgIpc) is 3.26. The molecule has 7 nitrogen and oxygen atoms in total. The summed E-state index contributed by atoms with van der Waals surface area (Å²) >= 11 is 0. The summed E-state index contributed by atoms with van der Waals surface area (Å²) < 4.78 is 5.33. The van der Waals surface area contributed by atoms with Crippen LogP contribution in [0.25, 0.3) is 0 Å². The van der Waals surface area contributed by atoms with Crippen molar-refractivity contribution in [3.8, 4) is 0 Å². The van der Waals surface area contributed by atoms with Crippen LogP contribution in [0.5, 0.6) is 0 Å². The first-order valence-electron chi connectivity index (χ1n) is 9.65. The maximum Gasteiger partial charge on any atom is 0.249 e. The lowest BCUT2D eigenvalue weighted by Crippen LogP contribution is -2.48. The van der Waals surface area contributed by atoms with E-state index in [1.165, 1.54) is 25.7 Å². The van der Waals surface area contributed by atoms with Crippen LogP contribution in [0.15, 0.2) is 10.6 Å². The SMILES string of the molecule is CCCC(NC(=O)C(O)C(C)C)C(=O)Nc1cc(CC2CCCC2)on1. The van der Waals surface area contributed by atoms with Gasteiger partial charge in [0.25, 0.3) is 0 Å². The highest BCUT2D eigenvalue weighted by molar-refractivity contribution is 5.97. The monoisotopic (exact) mass is 365 g/mol. The molecule has 0 saturated heterocycles. The molecule has 1 heterocycles. The maximum absolute atomic E-state index is 12.5. The quantitative estimate of drug-likeness (QED) is 0.624. The van der Waals surface area contributed by atoms with Gasteiger partial charge in [0.05, 0.1) is 0 Å². The second kappa shape index (κ2) is 9.71. The van der Waals surface area contributed by atoms with E-state index in [0.717, 1.165) is 18.6 Å². The van der Waals surface area contributed by atoms with Gasteiger partial charge in [-0.3, -0.25) is 9.59 Å². The number of carbonyl (C=O) groups excluding carboxylic acids is 2. The minimum absolute atomic E-state index is 0.214.